The van der Waals surface area contributed by atoms with Crippen molar-refractivity contribution in [3.63, 3.8) is 0 Å². The number of ketones is 1. The van der Waals surface area contributed by atoms with Gasteiger partial charge in [0, 0.05) is 0 Å². The number of aryl methyl sites for hydroxylation is 2. The molecule has 2 atom stereocenters. The van der Waals surface area contributed by atoms with Crippen molar-refractivity contribution >= 4 is 5.78 Å². The van der Waals surface area contributed by atoms with Crippen LogP contribution in [0.4, 0.5) is 0 Å². The third-order valence-corrected chi connectivity index (χ3v) is 3.58. The molecule has 18 heavy (non-hydrogen) atoms. The van der Waals surface area contributed by atoms with Crippen molar-refractivity contribution in [2.75, 3.05) is 0 Å². The van der Waals surface area contributed by atoms with Gasteiger partial charge < -0.3 is 5.73 Å². The van der Waals surface area contributed by atoms with Gasteiger partial charge >= 0.3 is 0 Å². The summed E-state index contributed by atoms with van der Waals surface area (Å²) in [6, 6.07) is 8.25. The van der Waals surface area contributed by atoms with Gasteiger partial charge in [-0.3, -0.25) is 4.79 Å². The summed E-state index contributed by atoms with van der Waals surface area (Å²) in [6.07, 6.45) is 4.22. The van der Waals surface area contributed by atoms with Gasteiger partial charge in [0.2, 0.25) is 0 Å². The summed E-state index contributed by atoms with van der Waals surface area (Å²) in [6.45, 7) is 5.91. The molecule has 0 bridgehead atoms. The summed E-state index contributed by atoms with van der Waals surface area (Å²) in [7, 11) is 0. The zero-order valence-corrected chi connectivity index (χ0v) is 11.8. The van der Waals surface area contributed by atoms with E-state index in [0.717, 1.165) is 25.7 Å². The van der Waals surface area contributed by atoms with Crippen LogP contribution in [0.1, 0.15) is 44.2 Å². The second-order valence-electron chi connectivity index (χ2n) is 5.38. The van der Waals surface area contributed by atoms with E-state index in [1.807, 2.05) is 0 Å². The van der Waals surface area contributed by atoms with Crippen molar-refractivity contribution in [3.05, 3.63) is 35.4 Å². The van der Waals surface area contributed by atoms with Crippen LogP contribution in [-0.4, -0.2) is 11.8 Å². The molecule has 100 valence electrons. The molecular weight excluding hydrogens is 222 g/mol. The van der Waals surface area contributed by atoms with Gasteiger partial charge in [-0.05, 0) is 50.2 Å². The highest BCUT2D eigenvalue weighted by Crippen LogP contribution is 2.16. The quantitative estimate of drug-likeness (QED) is 0.803. The molecule has 0 saturated carbocycles. The van der Waals surface area contributed by atoms with E-state index in [1.54, 1.807) is 6.92 Å². The predicted molar refractivity (Wildman–Crippen MR) is 76.6 cm³/mol. The van der Waals surface area contributed by atoms with Crippen LogP contribution in [0.5, 0.6) is 0 Å². The maximum atomic E-state index is 11.1. The first-order chi connectivity index (χ1) is 8.50. The molecule has 1 aromatic carbocycles. The highest BCUT2D eigenvalue weighted by Gasteiger charge is 2.12. The minimum atomic E-state index is -0.279. The van der Waals surface area contributed by atoms with E-state index >= 15 is 0 Å². The second-order valence-corrected chi connectivity index (χ2v) is 5.38. The number of carbonyl (C=O) groups is 1. The molecule has 0 radical (unpaired) electrons. The van der Waals surface area contributed by atoms with Gasteiger partial charge in [0.1, 0.15) is 5.78 Å². The molecule has 0 fully saturated rings. The summed E-state index contributed by atoms with van der Waals surface area (Å²) < 4.78 is 0. The second kappa shape index (κ2) is 7.32. The Morgan fingerprint density at radius 3 is 2.61 bits per heavy atom. The molecular formula is C16H25NO. The smallest absolute Gasteiger partial charge is 0.146 e. The fraction of sp³-hybridized carbons (Fsp3) is 0.562. The van der Waals surface area contributed by atoms with Gasteiger partial charge in [0.25, 0.3) is 0 Å². The zero-order valence-electron chi connectivity index (χ0n) is 11.8. The SMILES string of the molecule is CC(=O)C(N)CC(C)CCCc1ccccc1C. The molecule has 1 aromatic rings. The normalized spacial score (nSPS) is 14.2. The highest BCUT2D eigenvalue weighted by atomic mass is 16.1. The lowest BCUT2D eigenvalue weighted by atomic mass is 9.93. The van der Waals surface area contributed by atoms with Gasteiger partial charge in [-0.15, -0.1) is 0 Å². The summed E-state index contributed by atoms with van der Waals surface area (Å²) >= 11 is 0. The van der Waals surface area contributed by atoms with Gasteiger partial charge in [0.15, 0.2) is 0 Å². The first kappa shape index (κ1) is 14.9. The topological polar surface area (TPSA) is 43.1 Å². The molecule has 2 unspecified atom stereocenters. The van der Waals surface area contributed by atoms with Crippen molar-refractivity contribution < 1.29 is 4.79 Å². The van der Waals surface area contributed by atoms with Gasteiger partial charge in [0.05, 0.1) is 6.04 Å². The molecule has 0 spiro atoms. The van der Waals surface area contributed by atoms with Crippen LogP contribution in [0.15, 0.2) is 24.3 Å². The van der Waals surface area contributed by atoms with Crippen LogP contribution >= 0.6 is 0 Å². The maximum absolute atomic E-state index is 11.1. The van der Waals surface area contributed by atoms with E-state index in [2.05, 4.69) is 38.1 Å². The Bertz CT molecular complexity index is 386. The number of Topliss-reactive ketones (excluding diaryl/α,β-unsaturated/α-hetero) is 1. The van der Waals surface area contributed by atoms with Crippen molar-refractivity contribution in [3.8, 4) is 0 Å². The Morgan fingerprint density at radius 1 is 1.33 bits per heavy atom. The minimum Gasteiger partial charge on any atom is -0.322 e. The van der Waals surface area contributed by atoms with Crippen LogP contribution < -0.4 is 5.73 Å². The Kier molecular flexibility index (Phi) is 6.06. The molecule has 2 heteroatoms. The monoisotopic (exact) mass is 247 g/mol. The van der Waals surface area contributed by atoms with Crippen molar-refractivity contribution in [1.82, 2.24) is 0 Å². The summed E-state index contributed by atoms with van der Waals surface area (Å²) in [5, 5.41) is 0. The molecule has 0 aliphatic carbocycles. The third-order valence-electron chi connectivity index (χ3n) is 3.58. The van der Waals surface area contributed by atoms with E-state index in [0.29, 0.717) is 5.92 Å². The number of hydrogen-bond donors (Lipinski definition) is 1. The van der Waals surface area contributed by atoms with Crippen LogP contribution in [0.3, 0.4) is 0 Å². The van der Waals surface area contributed by atoms with Crippen LogP contribution in [0.2, 0.25) is 0 Å². The first-order valence-corrected chi connectivity index (χ1v) is 6.81. The number of benzene rings is 1. The van der Waals surface area contributed by atoms with E-state index in [1.165, 1.54) is 11.1 Å². The van der Waals surface area contributed by atoms with Crippen LogP contribution in [0.25, 0.3) is 0 Å². The molecule has 0 aliphatic heterocycles. The molecule has 2 nitrogen and oxygen atoms in total. The predicted octanol–water partition coefficient (Wildman–Crippen LogP) is 3.26. The summed E-state index contributed by atoms with van der Waals surface area (Å²) in [4.78, 5) is 11.1. The Hall–Kier alpha value is -1.15. The largest absolute Gasteiger partial charge is 0.322 e. The summed E-state index contributed by atoms with van der Waals surface area (Å²) in [5.74, 6) is 0.619. The number of hydrogen-bond acceptors (Lipinski definition) is 2. The standard InChI is InChI=1S/C16H25NO/c1-12(11-16(17)14(3)18)7-6-10-15-9-5-4-8-13(15)2/h4-5,8-9,12,16H,6-7,10-11,17H2,1-3H3. The molecule has 2 N–H and O–H groups in total. The molecule has 0 amide bonds. The molecule has 0 saturated heterocycles. The summed E-state index contributed by atoms with van der Waals surface area (Å²) in [5.41, 5.74) is 8.57. The van der Waals surface area contributed by atoms with E-state index < -0.39 is 0 Å². The highest BCUT2D eigenvalue weighted by molar-refractivity contribution is 5.81. The molecule has 0 aromatic heterocycles. The van der Waals surface area contributed by atoms with Crippen molar-refractivity contribution in [1.29, 1.82) is 0 Å². The van der Waals surface area contributed by atoms with E-state index in [-0.39, 0.29) is 11.8 Å². The average molecular weight is 247 g/mol. The lowest BCUT2D eigenvalue weighted by Crippen LogP contribution is -2.30. The number of nitrogens with two attached hydrogens (primary N) is 1. The van der Waals surface area contributed by atoms with Gasteiger partial charge in [-0.25, -0.2) is 0 Å². The number of rotatable bonds is 7. The van der Waals surface area contributed by atoms with Crippen LogP contribution in [-0.2, 0) is 11.2 Å². The van der Waals surface area contributed by atoms with Crippen molar-refractivity contribution in [2.45, 2.75) is 52.5 Å². The van der Waals surface area contributed by atoms with Crippen molar-refractivity contribution in [2.24, 2.45) is 11.7 Å². The van der Waals surface area contributed by atoms with E-state index in [9.17, 15) is 4.79 Å². The lowest BCUT2D eigenvalue weighted by Gasteiger charge is -2.15. The van der Waals surface area contributed by atoms with Gasteiger partial charge in [-0.1, -0.05) is 37.6 Å². The molecule has 1 rings (SSSR count). The Labute approximate surface area is 111 Å². The Morgan fingerprint density at radius 2 is 2.00 bits per heavy atom. The average Bonchev–Trinajstić information content (AvgIpc) is 2.31. The Balaban J connectivity index is 2.30. The zero-order chi connectivity index (χ0) is 13.5. The van der Waals surface area contributed by atoms with E-state index in [4.69, 9.17) is 5.73 Å². The fourth-order valence-corrected chi connectivity index (χ4v) is 2.25. The lowest BCUT2D eigenvalue weighted by molar-refractivity contribution is -0.118. The van der Waals surface area contributed by atoms with Gasteiger partial charge in [-0.2, -0.15) is 0 Å². The minimum absolute atomic E-state index is 0.0979. The molecule has 0 aliphatic rings. The molecule has 0 heterocycles. The maximum Gasteiger partial charge on any atom is 0.146 e. The third kappa shape index (κ3) is 5.01. The first-order valence-electron chi connectivity index (χ1n) is 6.81. The number of carbonyl (C=O) groups excluding carboxylic acids is 1. The van der Waals surface area contributed by atoms with Crippen LogP contribution in [0, 0.1) is 12.8 Å². The fourth-order valence-electron chi connectivity index (χ4n) is 2.25.